The number of benzene rings is 1. The highest BCUT2D eigenvalue weighted by molar-refractivity contribution is 7.20. The zero-order valence-corrected chi connectivity index (χ0v) is 18.1. The van der Waals surface area contributed by atoms with Gasteiger partial charge >= 0.3 is 5.97 Å². The van der Waals surface area contributed by atoms with E-state index in [1.54, 1.807) is 39.3 Å². The van der Waals surface area contributed by atoms with Crippen molar-refractivity contribution >= 4 is 27.5 Å². The Kier molecular flexibility index (Phi) is 5.76. The molecule has 0 amide bonds. The number of hydrogen-bond donors (Lipinski definition) is 1. The Morgan fingerprint density at radius 2 is 1.87 bits per heavy atom. The lowest BCUT2D eigenvalue weighted by atomic mass is 9.98. The van der Waals surface area contributed by atoms with E-state index in [1.165, 1.54) is 17.8 Å². The molecule has 0 bridgehead atoms. The predicted octanol–water partition coefficient (Wildman–Crippen LogP) is 4.47. The number of carbonyl (C=O) groups is 1. The van der Waals surface area contributed by atoms with Crippen molar-refractivity contribution in [3.05, 3.63) is 39.0 Å². The molecule has 0 aliphatic heterocycles. The SMILES string of the molecule is COc1ccc(-c2nc3sc(C(=O)OC4CCCCC4)c(C)c3c(=O)[nH]2)cc1OC. The molecule has 8 heteroatoms. The number of H-pyrrole nitrogens is 1. The van der Waals surface area contributed by atoms with Crippen molar-refractivity contribution in [3.8, 4) is 22.9 Å². The molecule has 1 aliphatic rings. The zero-order chi connectivity index (χ0) is 21.3. The Hall–Kier alpha value is -2.87. The minimum atomic E-state index is -0.366. The van der Waals surface area contributed by atoms with Crippen molar-refractivity contribution in [2.75, 3.05) is 14.2 Å². The van der Waals surface area contributed by atoms with Gasteiger partial charge in [0.15, 0.2) is 11.5 Å². The van der Waals surface area contributed by atoms with E-state index in [9.17, 15) is 9.59 Å². The molecule has 0 saturated heterocycles. The first-order valence-electron chi connectivity index (χ1n) is 9.98. The lowest BCUT2D eigenvalue weighted by Gasteiger charge is -2.21. The Balaban J connectivity index is 1.70. The van der Waals surface area contributed by atoms with Gasteiger partial charge in [-0.15, -0.1) is 11.3 Å². The van der Waals surface area contributed by atoms with Crippen LogP contribution in [0.15, 0.2) is 23.0 Å². The number of rotatable bonds is 5. The number of aryl methyl sites for hydroxylation is 1. The quantitative estimate of drug-likeness (QED) is 0.603. The standard InChI is InChI=1S/C22H24N2O5S/c1-12-17-20(25)23-19(13-9-10-15(27-2)16(11-13)28-3)24-21(17)30-18(12)22(26)29-14-7-5-4-6-8-14/h9-11,14H,4-8H2,1-3H3,(H,23,24,25). The fourth-order valence-corrected chi connectivity index (χ4v) is 4.91. The van der Waals surface area contributed by atoms with E-state index >= 15 is 0 Å². The number of thiophene rings is 1. The highest BCUT2D eigenvalue weighted by Crippen LogP contribution is 2.33. The summed E-state index contributed by atoms with van der Waals surface area (Å²) in [5.41, 5.74) is 1.02. The normalized spacial score (nSPS) is 14.6. The smallest absolute Gasteiger partial charge is 0.348 e. The van der Waals surface area contributed by atoms with Gasteiger partial charge in [-0.25, -0.2) is 9.78 Å². The second kappa shape index (κ2) is 8.47. The number of hydrogen-bond acceptors (Lipinski definition) is 7. The molecule has 1 fully saturated rings. The molecule has 158 valence electrons. The van der Waals surface area contributed by atoms with Gasteiger partial charge in [-0.1, -0.05) is 6.42 Å². The molecule has 1 aromatic carbocycles. The molecule has 1 aliphatic carbocycles. The topological polar surface area (TPSA) is 90.5 Å². The van der Waals surface area contributed by atoms with Crippen LogP contribution in [-0.4, -0.2) is 36.3 Å². The summed E-state index contributed by atoms with van der Waals surface area (Å²) in [7, 11) is 3.11. The van der Waals surface area contributed by atoms with Crippen molar-refractivity contribution in [1.29, 1.82) is 0 Å². The van der Waals surface area contributed by atoms with Gasteiger partial charge in [-0.2, -0.15) is 0 Å². The number of nitrogens with zero attached hydrogens (tertiary/aromatic N) is 1. The minimum absolute atomic E-state index is 0.0376. The maximum Gasteiger partial charge on any atom is 0.348 e. The zero-order valence-electron chi connectivity index (χ0n) is 17.2. The first kappa shape index (κ1) is 20.4. The van der Waals surface area contributed by atoms with Crippen LogP contribution in [0.25, 0.3) is 21.6 Å². The van der Waals surface area contributed by atoms with E-state index in [1.807, 2.05) is 0 Å². The molecule has 0 radical (unpaired) electrons. The number of esters is 1. The number of nitrogens with one attached hydrogen (secondary N) is 1. The molecular formula is C22H24N2O5S. The van der Waals surface area contributed by atoms with E-state index in [2.05, 4.69) is 9.97 Å². The molecule has 3 aromatic rings. The summed E-state index contributed by atoms with van der Waals surface area (Å²) in [5.74, 6) is 1.16. The second-order valence-electron chi connectivity index (χ2n) is 7.39. The highest BCUT2D eigenvalue weighted by Gasteiger charge is 2.24. The molecule has 2 aromatic heterocycles. The number of fused-ring (bicyclic) bond motifs is 1. The number of aromatic nitrogens is 2. The van der Waals surface area contributed by atoms with Gasteiger partial charge in [0.25, 0.3) is 5.56 Å². The van der Waals surface area contributed by atoms with Crippen molar-refractivity contribution in [2.24, 2.45) is 0 Å². The van der Waals surface area contributed by atoms with Crippen LogP contribution < -0.4 is 15.0 Å². The second-order valence-corrected chi connectivity index (χ2v) is 8.39. The average molecular weight is 429 g/mol. The van der Waals surface area contributed by atoms with Crippen molar-refractivity contribution in [1.82, 2.24) is 9.97 Å². The molecule has 0 atom stereocenters. The van der Waals surface area contributed by atoms with E-state index in [0.29, 0.717) is 43.5 Å². The Labute approximate surface area is 178 Å². The lowest BCUT2D eigenvalue weighted by Crippen LogP contribution is -2.20. The van der Waals surface area contributed by atoms with Gasteiger partial charge < -0.3 is 19.2 Å². The monoisotopic (exact) mass is 428 g/mol. The molecule has 2 heterocycles. The summed E-state index contributed by atoms with van der Waals surface area (Å²) in [6.45, 7) is 1.77. The molecule has 1 N–H and O–H groups in total. The molecular weight excluding hydrogens is 404 g/mol. The number of aromatic amines is 1. The Morgan fingerprint density at radius 3 is 2.57 bits per heavy atom. The summed E-state index contributed by atoms with van der Waals surface area (Å²) in [4.78, 5) is 33.9. The summed E-state index contributed by atoms with van der Waals surface area (Å²) < 4.78 is 16.3. The van der Waals surface area contributed by atoms with Gasteiger partial charge in [0.2, 0.25) is 0 Å². The molecule has 0 unspecified atom stereocenters. The van der Waals surface area contributed by atoms with Crippen LogP contribution in [0.2, 0.25) is 0 Å². The fourth-order valence-electron chi connectivity index (χ4n) is 3.85. The van der Waals surface area contributed by atoms with Crippen LogP contribution in [0.3, 0.4) is 0 Å². The van der Waals surface area contributed by atoms with E-state index in [0.717, 1.165) is 25.7 Å². The van der Waals surface area contributed by atoms with Gasteiger partial charge in [-0.3, -0.25) is 4.79 Å². The maximum absolute atomic E-state index is 12.8. The van der Waals surface area contributed by atoms with Crippen LogP contribution in [0.5, 0.6) is 11.5 Å². The molecule has 30 heavy (non-hydrogen) atoms. The van der Waals surface area contributed by atoms with Crippen molar-refractivity contribution in [2.45, 2.75) is 45.1 Å². The minimum Gasteiger partial charge on any atom is -0.493 e. The van der Waals surface area contributed by atoms with Crippen LogP contribution in [0.1, 0.15) is 47.3 Å². The first-order chi connectivity index (χ1) is 14.5. The Bertz CT molecular complexity index is 1140. The van der Waals surface area contributed by atoms with E-state index in [-0.39, 0.29) is 17.6 Å². The van der Waals surface area contributed by atoms with Gasteiger partial charge in [-0.05, 0) is 56.4 Å². The summed E-state index contributed by atoms with van der Waals surface area (Å²) >= 11 is 1.20. The molecule has 4 rings (SSSR count). The first-order valence-corrected chi connectivity index (χ1v) is 10.8. The third kappa shape index (κ3) is 3.79. The van der Waals surface area contributed by atoms with Crippen LogP contribution in [0, 0.1) is 6.92 Å². The van der Waals surface area contributed by atoms with Crippen molar-refractivity contribution < 1.29 is 19.0 Å². The highest BCUT2D eigenvalue weighted by atomic mass is 32.1. The number of methoxy groups -OCH3 is 2. The van der Waals surface area contributed by atoms with Gasteiger partial charge in [0.1, 0.15) is 21.6 Å². The number of carbonyl (C=O) groups excluding carboxylic acids is 1. The summed E-state index contributed by atoms with van der Waals surface area (Å²) in [6.07, 6.45) is 5.12. The third-order valence-electron chi connectivity index (χ3n) is 5.47. The third-order valence-corrected chi connectivity index (χ3v) is 6.63. The van der Waals surface area contributed by atoms with Crippen LogP contribution >= 0.6 is 11.3 Å². The molecule has 0 spiro atoms. The lowest BCUT2D eigenvalue weighted by molar-refractivity contribution is 0.0216. The van der Waals surface area contributed by atoms with Crippen molar-refractivity contribution in [3.63, 3.8) is 0 Å². The van der Waals surface area contributed by atoms with E-state index in [4.69, 9.17) is 14.2 Å². The van der Waals surface area contributed by atoms with Gasteiger partial charge in [0, 0.05) is 5.56 Å². The Morgan fingerprint density at radius 1 is 1.13 bits per heavy atom. The predicted molar refractivity (Wildman–Crippen MR) is 116 cm³/mol. The fraction of sp³-hybridized carbons (Fsp3) is 0.409. The largest absolute Gasteiger partial charge is 0.493 e. The molecule has 1 saturated carbocycles. The van der Waals surface area contributed by atoms with Crippen LogP contribution in [0.4, 0.5) is 0 Å². The van der Waals surface area contributed by atoms with Gasteiger partial charge in [0.05, 0.1) is 19.6 Å². The van der Waals surface area contributed by atoms with Crippen LogP contribution in [-0.2, 0) is 4.74 Å². The number of ether oxygens (including phenoxy) is 3. The average Bonchev–Trinajstić information content (AvgIpc) is 3.11. The summed E-state index contributed by atoms with van der Waals surface area (Å²) in [6, 6.07) is 5.30. The molecule has 7 nitrogen and oxygen atoms in total. The maximum atomic E-state index is 12.8. The summed E-state index contributed by atoms with van der Waals surface area (Å²) in [5, 5.41) is 0.430. The van der Waals surface area contributed by atoms with E-state index < -0.39 is 0 Å².